The number of carbonyl (C=O) groups is 2. The number of benzene rings is 3. The molecule has 1 unspecified atom stereocenters. The minimum atomic E-state index is -0.246. The van der Waals surface area contributed by atoms with Gasteiger partial charge in [-0.25, -0.2) is 0 Å². The second kappa shape index (κ2) is 14.1. The van der Waals surface area contributed by atoms with Crippen LogP contribution in [0.5, 0.6) is 0 Å². The fourth-order valence-corrected chi connectivity index (χ4v) is 5.57. The highest BCUT2D eigenvalue weighted by Gasteiger charge is 2.30. The predicted octanol–water partition coefficient (Wildman–Crippen LogP) is 6.63. The number of amides is 1. The maximum absolute atomic E-state index is 13.2. The van der Waals surface area contributed by atoms with Crippen LogP contribution >= 0.6 is 0 Å². The Morgan fingerprint density at radius 1 is 0.923 bits per heavy atom. The van der Waals surface area contributed by atoms with E-state index in [0.29, 0.717) is 13.0 Å². The first-order valence-electron chi connectivity index (χ1n) is 14.4. The second-order valence-corrected chi connectivity index (χ2v) is 10.9. The first-order chi connectivity index (χ1) is 19.0. The topological polar surface area (TPSA) is 58.6 Å². The van der Waals surface area contributed by atoms with Gasteiger partial charge in [0, 0.05) is 30.1 Å². The van der Waals surface area contributed by atoms with Crippen molar-refractivity contribution in [1.29, 1.82) is 0 Å². The Morgan fingerprint density at radius 2 is 1.56 bits per heavy atom. The van der Waals surface area contributed by atoms with E-state index in [1.54, 1.807) is 0 Å². The van der Waals surface area contributed by atoms with Crippen LogP contribution < -0.4 is 5.32 Å². The molecule has 1 fully saturated rings. The number of nitrogens with zero attached hydrogens (tertiary/aromatic N) is 1. The molecule has 4 rings (SSSR count). The third-order valence-corrected chi connectivity index (χ3v) is 7.85. The van der Waals surface area contributed by atoms with Crippen LogP contribution in [0.15, 0.2) is 84.9 Å². The summed E-state index contributed by atoms with van der Waals surface area (Å²) < 4.78 is 5.43. The lowest BCUT2D eigenvalue weighted by Crippen LogP contribution is -2.45. The average molecular weight is 527 g/mol. The molecule has 1 amide bonds. The normalized spacial score (nSPS) is 15.8. The Kier molecular flexibility index (Phi) is 10.3. The maximum Gasteiger partial charge on any atom is 0.306 e. The average Bonchev–Trinajstić information content (AvgIpc) is 2.98. The summed E-state index contributed by atoms with van der Waals surface area (Å²) in [4.78, 5) is 28.2. The number of nitrogens with one attached hydrogen (secondary N) is 1. The van der Waals surface area contributed by atoms with Gasteiger partial charge in [-0.15, -0.1) is 0 Å². The monoisotopic (exact) mass is 526 g/mol. The lowest BCUT2D eigenvalue weighted by Gasteiger charge is -2.34. The van der Waals surface area contributed by atoms with E-state index in [4.69, 9.17) is 4.74 Å². The summed E-state index contributed by atoms with van der Waals surface area (Å²) >= 11 is 0. The van der Waals surface area contributed by atoms with Crippen LogP contribution in [0.3, 0.4) is 0 Å². The largest absolute Gasteiger partial charge is 0.466 e. The first kappa shape index (κ1) is 28.6. The summed E-state index contributed by atoms with van der Waals surface area (Å²) in [6.45, 7) is 7.60. The van der Waals surface area contributed by atoms with Crippen molar-refractivity contribution < 1.29 is 14.3 Å². The van der Waals surface area contributed by atoms with Gasteiger partial charge in [0.2, 0.25) is 0 Å². The van der Waals surface area contributed by atoms with Gasteiger partial charge in [-0.2, -0.15) is 0 Å². The summed E-state index contributed by atoms with van der Waals surface area (Å²) in [6.07, 6.45) is 5.05. The Morgan fingerprint density at radius 3 is 2.26 bits per heavy atom. The van der Waals surface area contributed by atoms with E-state index in [-0.39, 0.29) is 23.3 Å². The molecule has 39 heavy (non-hydrogen) atoms. The van der Waals surface area contributed by atoms with Crippen molar-refractivity contribution in [1.82, 2.24) is 10.2 Å². The van der Waals surface area contributed by atoms with Gasteiger partial charge < -0.3 is 15.0 Å². The Balaban J connectivity index is 1.27. The number of hydrogen-bond donors (Lipinski definition) is 1. The maximum atomic E-state index is 13.2. The summed E-state index contributed by atoms with van der Waals surface area (Å²) in [5.74, 6) is -0.116. The van der Waals surface area contributed by atoms with Crippen LogP contribution in [0, 0.1) is 0 Å². The molecule has 3 aromatic carbocycles. The van der Waals surface area contributed by atoms with Crippen LogP contribution in [0.4, 0.5) is 0 Å². The quantitative estimate of drug-likeness (QED) is 0.269. The summed E-state index contributed by atoms with van der Waals surface area (Å²) in [5, 5.41) is 3.29. The number of esters is 1. The third-order valence-electron chi connectivity index (χ3n) is 7.85. The Hall–Kier alpha value is -3.44. The minimum Gasteiger partial charge on any atom is -0.466 e. The van der Waals surface area contributed by atoms with Gasteiger partial charge in [0.15, 0.2) is 0 Å². The van der Waals surface area contributed by atoms with E-state index in [2.05, 4.69) is 29.3 Å². The molecular weight excluding hydrogens is 484 g/mol. The van der Waals surface area contributed by atoms with Crippen LogP contribution in [-0.2, 0) is 14.9 Å². The van der Waals surface area contributed by atoms with E-state index in [1.807, 2.05) is 79.7 Å². The molecule has 0 radical (unpaired) electrons. The molecule has 1 saturated heterocycles. The molecule has 1 aliphatic heterocycles. The molecule has 5 nitrogen and oxygen atoms in total. The van der Waals surface area contributed by atoms with Crippen molar-refractivity contribution in [2.75, 3.05) is 26.2 Å². The highest BCUT2D eigenvalue weighted by atomic mass is 16.5. The minimum absolute atomic E-state index is 0.00138. The van der Waals surface area contributed by atoms with Gasteiger partial charge in [0.1, 0.15) is 0 Å². The molecule has 1 heterocycles. The zero-order chi connectivity index (χ0) is 27.5. The smallest absolute Gasteiger partial charge is 0.306 e. The molecule has 0 bridgehead atoms. The molecule has 206 valence electrons. The van der Waals surface area contributed by atoms with E-state index in [0.717, 1.165) is 68.4 Å². The van der Waals surface area contributed by atoms with Crippen molar-refractivity contribution >= 4 is 11.9 Å². The molecule has 0 aliphatic carbocycles. The zero-order valence-corrected chi connectivity index (χ0v) is 23.4. The molecule has 3 aromatic rings. The first-order valence-corrected chi connectivity index (χ1v) is 14.4. The van der Waals surface area contributed by atoms with Gasteiger partial charge in [-0.05, 0) is 61.4 Å². The van der Waals surface area contributed by atoms with Gasteiger partial charge in [0.25, 0.3) is 5.91 Å². The fourth-order valence-electron chi connectivity index (χ4n) is 5.57. The van der Waals surface area contributed by atoms with Crippen LogP contribution in [-0.4, -0.2) is 49.1 Å². The molecular formula is C34H42N2O3. The number of likely N-dealkylation sites (tertiary alicyclic amines) is 1. The van der Waals surface area contributed by atoms with Crippen molar-refractivity contribution in [2.45, 2.75) is 63.8 Å². The highest BCUT2D eigenvalue weighted by molar-refractivity contribution is 6.01. The molecule has 0 aromatic heterocycles. The third kappa shape index (κ3) is 8.03. The highest BCUT2D eigenvalue weighted by Crippen LogP contribution is 2.33. The number of hydrogen-bond acceptors (Lipinski definition) is 4. The number of piperidine rings is 1. The zero-order valence-electron chi connectivity index (χ0n) is 23.4. The lowest BCUT2D eigenvalue weighted by atomic mass is 9.76. The molecule has 1 N–H and O–H groups in total. The standard InChI is InChI=1S/C34H42N2O3/c1-3-25-39-32(37)26-34(2,28-15-8-5-9-16-28)21-12-22-36-23-19-29(20-24-36)35-33(38)31-18-11-10-17-30(31)27-13-6-4-7-14-27/h4-11,13-18,29H,3,12,19-26H2,1-2H3,(H,35,38). The molecule has 0 saturated carbocycles. The predicted molar refractivity (Wildman–Crippen MR) is 158 cm³/mol. The van der Waals surface area contributed by atoms with Crippen molar-refractivity contribution in [2.24, 2.45) is 0 Å². The molecule has 0 spiro atoms. The number of rotatable bonds is 12. The molecule has 1 atom stereocenters. The van der Waals surface area contributed by atoms with Crippen molar-refractivity contribution in [3.63, 3.8) is 0 Å². The van der Waals surface area contributed by atoms with Crippen LogP contribution in [0.2, 0.25) is 0 Å². The van der Waals surface area contributed by atoms with E-state index < -0.39 is 0 Å². The van der Waals surface area contributed by atoms with Gasteiger partial charge in [-0.3, -0.25) is 9.59 Å². The Bertz CT molecular complexity index is 1190. The summed E-state index contributed by atoms with van der Waals surface area (Å²) in [5.41, 5.74) is 3.69. The lowest BCUT2D eigenvalue weighted by molar-refractivity contribution is -0.145. The SMILES string of the molecule is CCCOC(=O)CC(C)(CCCN1CCC(NC(=O)c2ccccc2-c2ccccc2)CC1)c1ccccc1. The van der Waals surface area contributed by atoms with E-state index in [1.165, 1.54) is 5.56 Å². The van der Waals surface area contributed by atoms with Crippen LogP contribution in [0.25, 0.3) is 11.1 Å². The summed E-state index contributed by atoms with van der Waals surface area (Å²) in [6, 6.07) is 28.4. The van der Waals surface area contributed by atoms with Gasteiger partial charge in [-0.1, -0.05) is 92.7 Å². The Labute approximate surface area is 233 Å². The summed E-state index contributed by atoms with van der Waals surface area (Å²) in [7, 11) is 0. The van der Waals surface area contributed by atoms with Crippen molar-refractivity contribution in [3.05, 3.63) is 96.1 Å². The number of ether oxygens (including phenoxy) is 1. The van der Waals surface area contributed by atoms with Crippen LogP contribution in [0.1, 0.15) is 68.3 Å². The van der Waals surface area contributed by atoms with E-state index >= 15 is 0 Å². The molecule has 5 heteroatoms. The van der Waals surface area contributed by atoms with E-state index in [9.17, 15) is 9.59 Å². The molecule has 1 aliphatic rings. The van der Waals surface area contributed by atoms with Gasteiger partial charge >= 0.3 is 5.97 Å². The second-order valence-electron chi connectivity index (χ2n) is 10.9. The number of carbonyl (C=O) groups excluding carboxylic acids is 2. The van der Waals surface area contributed by atoms with Gasteiger partial charge in [0.05, 0.1) is 13.0 Å². The fraction of sp³-hybridized carbons (Fsp3) is 0.412. The van der Waals surface area contributed by atoms with Crippen molar-refractivity contribution in [3.8, 4) is 11.1 Å².